The molecule has 1 rings (SSSR count). The number of sulfonamides is 1. The normalized spacial score (nSPS) is 12.6. The van der Waals surface area contributed by atoms with Gasteiger partial charge in [-0.25, -0.2) is 8.42 Å². The molecule has 0 radical (unpaired) electrons. The molecule has 7 heteroatoms. The van der Waals surface area contributed by atoms with Crippen LogP contribution in [-0.4, -0.2) is 42.2 Å². The molecule has 0 bridgehead atoms. The summed E-state index contributed by atoms with van der Waals surface area (Å²) in [5, 5.41) is 12.8. The molecule has 1 aromatic rings. The summed E-state index contributed by atoms with van der Waals surface area (Å²) in [6.07, 6.45) is 1.39. The lowest BCUT2D eigenvalue weighted by Gasteiger charge is -2.28. The van der Waals surface area contributed by atoms with Gasteiger partial charge >= 0.3 is 0 Å². The molecule has 1 heterocycles. The average Bonchev–Trinajstić information content (AvgIpc) is 2.69. The number of rotatable bonds is 7. The summed E-state index contributed by atoms with van der Waals surface area (Å²) in [6, 6.07) is -0.133. The van der Waals surface area contributed by atoms with Crippen molar-refractivity contribution < 1.29 is 18.0 Å². The van der Waals surface area contributed by atoms with Crippen LogP contribution in [-0.2, 0) is 10.0 Å². The molecule has 1 aromatic heterocycles. The van der Waals surface area contributed by atoms with Crippen LogP contribution in [0.5, 0.6) is 0 Å². The lowest BCUT2D eigenvalue weighted by Crippen LogP contribution is -2.41. The first-order chi connectivity index (χ1) is 8.89. The van der Waals surface area contributed by atoms with Crippen LogP contribution in [0.3, 0.4) is 0 Å². The Balaban J connectivity index is 3.28. The molecule has 0 saturated carbocycles. The van der Waals surface area contributed by atoms with Crippen molar-refractivity contribution >= 4 is 10.0 Å². The van der Waals surface area contributed by atoms with Crippen molar-refractivity contribution in [2.75, 3.05) is 13.2 Å². The minimum atomic E-state index is -3.69. The third kappa shape index (κ3) is 3.16. The average molecular weight is 290 g/mol. The van der Waals surface area contributed by atoms with Gasteiger partial charge in [0.1, 0.15) is 10.6 Å². The number of aryl methyl sites for hydroxylation is 2. The Morgan fingerprint density at radius 2 is 1.89 bits per heavy atom. The van der Waals surface area contributed by atoms with E-state index in [2.05, 4.69) is 5.16 Å². The summed E-state index contributed by atoms with van der Waals surface area (Å²) in [5.74, 6) is 0.284. The molecule has 19 heavy (non-hydrogen) atoms. The number of hydrogen-bond acceptors (Lipinski definition) is 5. The van der Waals surface area contributed by atoms with Gasteiger partial charge in [0.15, 0.2) is 5.76 Å². The number of aliphatic hydroxyl groups excluding tert-OH is 1. The van der Waals surface area contributed by atoms with E-state index in [9.17, 15) is 8.42 Å². The van der Waals surface area contributed by atoms with E-state index in [0.29, 0.717) is 18.5 Å². The highest BCUT2D eigenvalue weighted by atomic mass is 32.2. The maximum absolute atomic E-state index is 12.7. The fraction of sp³-hybridized carbons (Fsp3) is 0.750. The second-order valence-electron chi connectivity index (χ2n) is 4.46. The molecule has 0 unspecified atom stereocenters. The molecule has 0 amide bonds. The van der Waals surface area contributed by atoms with E-state index in [-0.39, 0.29) is 29.8 Å². The maximum Gasteiger partial charge on any atom is 0.248 e. The first-order valence-electron chi connectivity index (χ1n) is 6.45. The van der Waals surface area contributed by atoms with Crippen LogP contribution in [0.4, 0.5) is 0 Å². The Bertz CT molecular complexity index is 486. The number of aromatic nitrogens is 1. The molecular weight excluding hydrogens is 268 g/mol. The van der Waals surface area contributed by atoms with E-state index in [1.54, 1.807) is 13.8 Å². The predicted octanol–water partition coefficient (Wildman–Crippen LogP) is 1.46. The third-order valence-electron chi connectivity index (χ3n) is 3.20. The molecular formula is C12H22N2O4S. The molecule has 0 atom stereocenters. The molecule has 0 fully saturated rings. The van der Waals surface area contributed by atoms with Crippen LogP contribution in [0.25, 0.3) is 0 Å². The summed E-state index contributed by atoms with van der Waals surface area (Å²) in [7, 11) is -3.69. The van der Waals surface area contributed by atoms with E-state index >= 15 is 0 Å². The van der Waals surface area contributed by atoms with Crippen LogP contribution in [0, 0.1) is 13.8 Å². The molecule has 1 N–H and O–H groups in total. The van der Waals surface area contributed by atoms with Crippen LogP contribution in [0.2, 0.25) is 0 Å². The summed E-state index contributed by atoms with van der Waals surface area (Å²) in [6.45, 7) is 6.92. The molecule has 0 aliphatic rings. The van der Waals surface area contributed by atoms with Crippen molar-refractivity contribution in [1.82, 2.24) is 9.46 Å². The second-order valence-corrected chi connectivity index (χ2v) is 6.29. The smallest absolute Gasteiger partial charge is 0.248 e. The van der Waals surface area contributed by atoms with Gasteiger partial charge in [-0.1, -0.05) is 19.0 Å². The first-order valence-corrected chi connectivity index (χ1v) is 7.89. The quantitative estimate of drug-likeness (QED) is 0.822. The van der Waals surface area contributed by atoms with Gasteiger partial charge in [0.2, 0.25) is 10.0 Å². The van der Waals surface area contributed by atoms with E-state index < -0.39 is 10.0 Å². The largest absolute Gasteiger partial charge is 0.395 e. The van der Waals surface area contributed by atoms with Crippen molar-refractivity contribution in [3.63, 3.8) is 0 Å². The van der Waals surface area contributed by atoms with Crippen LogP contribution < -0.4 is 0 Å². The predicted molar refractivity (Wildman–Crippen MR) is 71.3 cm³/mol. The highest BCUT2D eigenvalue weighted by Crippen LogP contribution is 2.26. The van der Waals surface area contributed by atoms with Crippen molar-refractivity contribution in [2.45, 2.75) is 51.5 Å². The summed E-state index contributed by atoms with van der Waals surface area (Å²) in [4.78, 5) is 0.118. The van der Waals surface area contributed by atoms with E-state index in [1.165, 1.54) is 4.31 Å². The summed E-state index contributed by atoms with van der Waals surface area (Å²) < 4.78 is 31.7. The van der Waals surface area contributed by atoms with Crippen LogP contribution in [0.15, 0.2) is 9.42 Å². The van der Waals surface area contributed by atoms with Crippen molar-refractivity contribution in [2.24, 2.45) is 0 Å². The SMILES string of the molecule is CCC(CC)N(CCO)S(=O)(=O)c1c(C)noc1C. The van der Waals surface area contributed by atoms with Crippen molar-refractivity contribution in [1.29, 1.82) is 0 Å². The minimum Gasteiger partial charge on any atom is -0.395 e. The summed E-state index contributed by atoms with van der Waals surface area (Å²) >= 11 is 0. The number of aliphatic hydroxyl groups is 1. The number of nitrogens with zero attached hydrogens (tertiary/aromatic N) is 2. The van der Waals surface area contributed by atoms with Gasteiger partial charge in [-0.3, -0.25) is 0 Å². The Morgan fingerprint density at radius 1 is 1.32 bits per heavy atom. The zero-order chi connectivity index (χ0) is 14.6. The van der Waals surface area contributed by atoms with Gasteiger partial charge in [0, 0.05) is 12.6 Å². The monoisotopic (exact) mass is 290 g/mol. The maximum atomic E-state index is 12.7. The zero-order valence-corrected chi connectivity index (χ0v) is 12.7. The van der Waals surface area contributed by atoms with Crippen LogP contribution in [0.1, 0.15) is 38.1 Å². The van der Waals surface area contributed by atoms with Crippen LogP contribution >= 0.6 is 0 Å². The van der Waals surface area contributed by atoms with Crippen molar-refractivity contribution in [3.05, 3.63) is 11.5 Å². The zero-order valence-electron chi connectivity index (χ0n) is 11.9. The molecule has 0 saturated heterocycles. The topological polar surface area (TPSA) is 83.6 Å². The fourth-order valence-corrected chi connectivity index (χ4v) is 4.31. The highest BCUT2D eigenvalue weighted by molar-refractivity contribution is 7.89. The van der Waals surface area contributed by atoms with E-state index in [0.717, 1.165) is 0 Å². The second kappa shape index (κ2) is 6.49. The molecule has 0 aliphatic heterocycles. The van der Waals surface area contributed by atoms with Gasteiger partial charge in [-0.15, -0.1) is 0 Å². The van der Waals surface area contributed by atoms with Gasteiger partial charge in [0.05, 0.1) is 6.61 Å². The van der Waals surface area contributed by atoms with Gasteiger partial charge in [0.25, 0.3) is 0 Å². The Labute approximate surface area is 114 Å². The Hall–Kier alpha value is -0.920. The fourth-order valence-electron chi connectivity index (χ4n) is 2.25. The molecule has 0 aliphatic carbocycles. The molecule has 6 nitrogen and oxygen atoms in total. The lowest BCUT2D eigenvalue weighted by molar-refractivity contribution is 0.219. The minimum absolute atomic E-state index is 0.0821. The molecule has 0 spiro atoms. The Morgan fingerprint density at radius 3 is 2.26 bits per heavy atom. The first kappa shape index (κ1) is 16.1. The standard InChI is InChI=1S/C12H22N2O4S/c1-5-11(6-2)14(7-8-15)19(16,17)12-9(3)13-18-10(12)4/h11,15H,5-8H2,1-4H3. The van der Waals surface area contributed by atoms with Gasteiger partial charge in [-0.2, -0.15) is 4.31 Å². The van der Waals surface area contributed by atoms with Gasteiger partial charge < -0.3 is 9.63 Å². The highest BCUT2D eigenvalue weighted by Gasteiger charge is 2.34. The number of hydrogen-bond donors (Lipinski definition) is 1. The van der Waals surface area contributed by atoms with Gasteiger partial charge in [-0.05, 0) is 26.7 Å². The van der Waals surface area contributed by atoms with Crippen molar-refractivity contribution in [3.8, 4) is 0 Å². The molecule has 0 aromatic carbocycles. The molecule has 110 valence electrons. The lowest BCUT2D eigenvalue weighted by atomic mass is 10.2. The Kier molecular flexibility index (Phi) is 5.51. The third-order valence-corrected chi connectivity index (χ3v) is 5.40. The summed E-state index contributed by atoms with van der Waals surface area (Å²) in [5.41, 5.74) is 0.353. The van der Waals surface area contributed by atoms with E-state index in [1.807, 2.05) is 13.8 Å². The van der Waals surface area contributed by atoms with E-state index in [4.69, 9.17) is 9.63 Å².